The molecule has 0 aliphatic carbocycles. The van der Waals surface area contributed by atoms with Crippen LogP contribution in [0.1, 0.15) is 34.1 Å². The normalized spacial score (nSPS) is 16.0. The first-order valence-electron chi connectivity index (χ1n) is 8.36. The maximum Gasteiger partial charge on any atom is 0.251 e. The highest BCUT2D eigenvalue weighted by Crippen LogP contribution is 2.31. The second-order valence-corrected chi connectivity index (χ2v) is 6.15. The van der Waals surface area contributed by atoms with Gasteiger partial charge in [-0.2, -0.15) is 5.10 Å². The number of fused-ring (bicyclic) bond motifs is 1. The van der Waals surface area contributed by atoms with E-state index in [2.05, 4.69) is 10.4 Å². The number of amides is 1. The van der Waals surface area contributed by atoms with E-state index in [0.29, 0.717) is 12.2 Å². The Morgan fingerprint density at radius 1 is 1.16 bits per heavy atom. The van der Waals surface area contributed by atoms with Crippen LogP contribution in [-0.2, 0) is 0 Å². The van der Waals surface area contributed by atoms with Gasteiger partial charge in [-0.3, -0.25) is 4.79 Å². The van der Waals surface area contributed by atoms with Gasteiger partial charge < -0.3 is 10.1 Å². The third kappa shape index (κ3) is 3.13. The van der Waals surface area contributed by atoms with Crippen LogP contribution in [0, 0.1) is 6.92 Å². The number of aromatic nitrogens is 2. The van der Waals surface area contributed by atoms with Crippen LogP contribution >= 0.6 is 0 Å². The molecule has 1 amide bonds. The Labute approximate surface area is 146 Å². The fraction of sp³-hybridized carbons (Fsp3) is 0.200. The summed E-state index contributed by atoms with van der Waals surface area (Å²) < 4.78 is 7.44. The SMILES string of the molecule is Cc1ccn(-c2ccc(C(=O)N[C@H]3CCOc4ccccc43)cc2)n1. The molecule has 0 spiro atoms. The van der Waals surface area contributed by atoms with Gasteiger partial charge in [0.15, 0.2) is 0 Å². The Kier molecular flexibility index (Phi) is 3.98. The number of rotatable bonds is 3. The number of ether oxygens (including phenoxy) is 1. The lowest BCUT2D eigenvalue weighted by atomic mass is 10.00. The minimum Gasteiger partial charge on any atom is -0.493 e. The van der Waals surface area contributed by atoms with Crippen molar-refractivity contribution in [3.8, 4) is 11.4 Å². The van der Waals surface area contributed by atoms with Gasteiger partial charge in [0.2, 0.25) is 0 Å². The van der Waals surface area contributed by atoms with Gasteiger partial charge in [-0.1, -0.05) is 18.2 Å². The van der Waals surface area contributed by atoms with Crippen molar-refractivity contribution >= 4 is 5.91 Å². The van der Waals surface area contributed by atoms with Crippen LogP contribution in [0.4, 0.5) is 0 Å². The second-order valence-electron chi connectivity index (χ2n) is 6.15. The molecule has 2 aromatic carbocycles. The summed E-state index contributed by atoms with van der Waals surface area (Å²) in [6.07, 6.45) is 2.68. The molecule has 5 heteroatoms. The molecule has 0 fully saturated rings. The molecule has 1 aliphatic rings. The summed E-state index contributed by atoms with van der Waals surface area (Å²) in [5.41, 5.74) is 3.56. The van der Waals surface area contributed by atoms with Crippen LogP contribution in [-0.4, -0.2) is 22.3 Å². The summed E-state index contributed by atoms with van der Waals surface area (Å²) in [6.45, 7) is 2.56. The smallest absolute Gasteiger partial charge is 0.251 e. The van der Waals surface area contributed by atoms with Crippen molar-refractivity contribution in [2.75, 3.05) is 6.61 Å². The number of hydrogen-bond donors (Lipinski definition) is 1. The average Bonchev–Trinajstić information content (AvgIpc) is 3.08. The molecule has 0 saturated carbocycles. The summed E-state index contributed by atoms with van der Waals surface area (Å²) >= 11 is 0. The Hall–Kier alpha value is -3.08. The zero-order valence-electron chi connectivity index (χ0n) is 14.0. The highest BCUT2D eigenvalue weighted by Gasteiger charge is 2.23. The average molecular weight is 333 g/mol. The summed E-state index contributed by atoms with van der Waals surface area (Å²) in [6, 6.07) is 17.2. The molecule has 0 saturated heterocycles. The van der Waals surface area contributed by atoms with E-state index in [1.165, 1.54) is 0 Å². The molecule has 0 radical (unpaired) electrons. The predicted octanol–water partition coefficient (Wildman–Crippen LogP) is 3.43. The van der Waals surface area contributed by atoms with Gasteiger partial charge in [-0.15, -0.1) is 0 Å². The van der Waals surface area contributed by atoms with Crippen molar-refractivity contribution in [3.63, 3.8) is 0 Å². The quantitative estimate of drug-likeness (QED) is 0.799. The van der Waals surface area contributed by atoms with E-state index >= 15 is 0 Å². The lowest BCUT2D eigenvalue weighted by molar-refractivity contribution is 0.0925. The largest absolute Gasteiger partial charge is 0.493 e. The summed E-state index contributed by atoms with van der Waals surface area (Å²) in [5, 5.41) is 7.49. The molecule has 1 atom stereocenters. The zero-order valence-corrected chi connectivity index (χ0v) is 14.0. The van der Waals surface area contributed by atoms with Crippen molar-refractivity contribution in [2.45, 2.75) is 19.4 Å². The number of hydrogen-bond acceptors (Lipinski definition) is 3. The van der Waals surface area contributed by atoms with Crippen LogP contribution in [0.5, 0.6) is 5.75 Å². The van der Waals surface area contributed by atoms with Gasteiger partial charge in [-0.25, -0.2) is 4.68 Å². The predicted molar refractivity (Wildman–Crippen MR) is 95.1 cm³/mol. The van der Waals surface area contributed by atoms with E-state index < -0.39 is 0 Å². The number of nitrogens with zero attached hydrogens (tertiary/aromatic N) is 2. The van der Waals surface area contributed by atoms with Gasteiger partial charge in [0, 0.05) is 23.7 Å². The lowest BCUT2D eigenvalue weighted by Crippen LogP contribution is -2.32. The van der Waals surface area contributed by atoms with Crippen LogP contribution < -0.4 is 10.1 Å². The van der Waals surface area contributed by atoms with Crippen molar-refractivity contribution in [3.05, 3.63) is 77.6 Å². The first kappa shape index (κ1) is 15.4. The van der Waals surface area contributed by atoms with Gasteiger partial charge in [0.05, 0.1) is 24.0 Å². The van der Waals surface area contributed by atoms with Crippen molar-refractivity contribution < 1.29 is 9.53 Å². The Morgan fingerprint density at radius 2 is 1.96 bits per heavy atom. The van der Waals surface area contributed by atoms with Gasteiger partial charge in [0.25, 0.3) is 5.91 Å². The number of aryl methyl sites for hydroxylation is 1. The topological polar surface area (TPSA) is 56.2 Å². The monoisotopic (exact) mass is 333 g/mol. The third-order valence-corrected chi connectivity index (χ3v) is 4.38. The van der Waals surface area contributed by atoms with Gasteiger partial charge in [-0.05, 0) is 43.3 Å². The first-order valence-corrected chi connectivity index (χ1v) is 8.36. The Bertz CT molecular complexity index is 899. The van der Waals surface area contributed by atoms with Gasteiger partial charge >= 0.3 is 0 Å². The van der Waals surface area contributed by atoms with E-state index in [9.17, 15) is 4.79 Å². The molecule has 5 nitrogen and oxygen atoms in total. The van der Waals surface area contributed by atoms with Crippen molar-refractivity contribution in [2.24, 2.45) is 0 Å². The molecule has 25 heavy (non-hydrogen) atoms. The number of para-hydroxylation sites is 1. The highest BCUT2D eigenvalue weighted by atomic mass is 16.5. The minimum absolute atomic E-state index is 0.0223. The number of carbonyl (C=O) groups is 1. The standard InChI is InChI=1S/C20H19N3O2/c1-14-10-12-23(22-14)16-8-6-15(7-9-16)20(24)21-18-11-13-25-19-5-3-2-4-17(18)19/h2-10,12,18H,11,13H2,1H3,(H,21,24)/t18-/m0/s1. The molecule has 4 rings (SSSR count). The van der Waals surface area contributed by atoms with E-state index in [1.807, 2.05) is 67.7 Å². The second kappa shape index (κ2) is 6.43. The molecule has 3 aromatic rings. The maximum absolute atomic E-state index is 12.6. The molecule has 0 bridgehead atoms. The molecule has 1 aromatic heterocycles. The van der Waals surface area contributed by atoms with Crippen LogP contribution in [0.3, 0.4) is 0 Å². The number of benzene rings is 2. The fourth-order valence-electron chi connectivity index (χ4n) is 3.06. The zero-order chi connectivity index (χ0) is 17.2. The molecule has 1 aliphatic heterocycles. The van der Waals surface area contributed by atoms with E-state index in [-0.39, 0.29) is 11.9 Å². The minimum atomic E-state index is -0.0788. The Morgan fingerprint density at radius 3 is 2.72 bits per heavy atom. The van der Waals surface area contributed by atoms with Crippen molar-refractivity contribution in [1.82, 2.24) is 15.1 Å². The van der Waals surface area contributed by atoms with E-state index in [0.717, 1.165) is 29.1 Å². The molecular weight excluding hydrogens is 314 g/mol. The fourth-order valence-corrected chi connectivity index (χ4v) is 3.06. The lowest BCUT2D eigenvalue weighted by Gasteiger charge is -2.26. The van der Waals surface area contributed by atoms with Gasteiger partial charge in [0.1, 0.15) is 5.75 Å². The molecule has 126 valence electrons. The maximum atomic E-state index is 12.6. The number of carbonyl (C=O) groups excluding carboxylic acids is 1. The van der Waals surface area contributed by atoms with E-state index in [1.54, 1.807) is 4.68 Å². The third-order valence-electron chi connectivity index (χ3n) is 4.38. The summed E-state index contributed by atoms with van der Waals surface area (Å²) in [5.74, 6) is 0.772. The summed E-state index contributed by atoms with van der Waals surface area (Å²) in [7, 11) is 0. The van der Waals surface area contributed by atoms with Crippen LogP contribution in [0.2, 0.25) is 0 Å². The van der Waals surface area contributed by atoms with Crippen LogP contribution in [0.25, 0.3) is 5.69 Å². The van der Waals surface area contributed by atoms with Crippen LogP contribution in [0.15, 0.2) is 60.8 Å². The molecule has 2 heterocycles. The molecule has 1 N–H and O–H groups in total. The van der Waals surface area contributed by atoms with E-state index in [4.69, 9.17) is 4.74 Å². The molecular formula is C20H19N3O2. The van der Waals surface area contributed by atoms with Crippen molar-refractivity contribution in [1.29, 1.82) is 0 Å². The highest BCUT2D eigenvalue weighted by molar-refractivity contribution is 5.94. The molecule has 0 unspecified atom stereocenters. The summed E-state index contributed by atoms with van der Waals surface area (Å²) in [4.78, 5) is 12.6. The number of nitrogens with one attached hydrogen (secondary N) is 1. The first-order chi connectivity index (χ1) is 12.2. The Balaban J connectivity index is 1.50.